The van der Waals surface area contributed by atoms with Crippen molar-refractivity contribution in [2.75, 3.05) is 13.6 Å². The first-order valence-electron chi connectivity index (χ1n) is 8.59. The van der Waals surface area contributed by atoms with Crippen LogP contribution in [0.5, 0.6) is 0 Å². The number of amides is 1. The molecule has 0 radical (unpaired) electrons. The number of nitrogens with zero attached hydrogens (tertiary/aromatic N) is 3. The number of aryl methyl sites for hydroxylation is 1. The van der Waals surface area contributed by atoms with Gasteiger partial charge in [0.25, 0.3) is 5.56 Å². The van der Waals surface area contributed by atoms with Crippen molar-refractivity contribution in [2.45, 2.75) is 44.8 Å². The Labute approximate surface area is 155 Å². The summed E-state index contributed by atoms with van der Waals surface area (Å²) in [5.41, 5.74) is 0.534. The summed E-state index contributed by atoms with van der Waals surface area (Å²) < 4.78 is 2.33. The molecule has 0 bridgehead atoms. The van der Waals surface area contributed by atoms with Crippen LogP contribution in [0, 0.1) is 0 Å². The molecule has 1 aromatic heterocycles. The van der Waals surface area contributed by atoms with Crippen LogP contribution >= 0.6 is 15.9 Å². The molecular weight excluding hydrogens is 384 g/mol. The lowest BCUT2D eigenvalue weighted by molar-refractivity contribution is -0.121. The molecule has 1 aliphatic rings. The average Bonchev–Trinajstić information content (AvgIpc) is 3.44. The smallest absolute Gasteiger partial charge is 0.261 e. The standard InChI is InChI=1S/C18H23BrN4O2/c1-12(22(2)14-4-5-14)10-20-17(24)7-8-23-11-21-16-6-3-13(19)9-15(16)18(23)25/h3,6,9,11-12,14H,4-5,7-8,10H2,1-2H3,(H,20,24). The monoisotopic (exact) mass is 406 g/mol. The minimum absolute atomic E-state index is 0.0442. The maximum atomic E-state index is 12.5. The molecule has 2 aromatic rings. The van der Waals surface area contributed by atoms with E-state index < -0.39 is 0 Å². The molecular formula is C18H23BrN4O2. The summed E-state index contributed by atoms with van der Waals surface area (Å²) in [6.45, 7) is 3.07. The lowest BCUT2D eigenvalue weighted by atomic mass is 10.2. The summed E-state index contributed by atoms with van der Waals surface area (Å²) in [6.07, 6.45) is 4.28. The second-order valence-electron chi connectivity index (χ2n) is 6.70. The number of rotatable bonds is 7. The fraction of sp³-hybridized carbons (Fsp3) is 0.500. The van der Waals surface area contributed by atoms with Crippen LogP contribution < -0.4 is 10.9 Å². The van der Waals surface area contributed by atoms with Gasteiger partial charge < -0.3 is 5.32 Å². The van der Waals surface area contributed by atoms with E-state index in [2.05, 4.69) is 45.1 Å². The minimum Gasteiger partial charge on any atom is -0.354 e. The molecule has 1 fully saturated rings. The van der Waals surface area contributed by atoms with Crippen molar-refractivity contribution in [1.29, 1.82) is 0 Å². The largest absolute Gasteiger partial charge is 0.354 e. The predicted molar refractivity (Wildman–Crippen MR) is 102 cm³/mol. The SMILES string of the molecule is CC(CNC(=O)CCn1cnc2ccc(Br)cc2c1=O)N(C)C1CC1. The maximum absolute atomic E-state index is 12.5. The molecule has 0 saturated heterocycles. The van der Waals surface area contributed by atoms with Crippen molar-refractivity contribution in [2.24, 2.45) is 0 Å². The van der Waals surface area contributed by atoms with Crippen molar-refractivity contribution in [3.8, 4) is 0 Å². The van der Waals surface area contributed by atoms with Crippen molar-refractivity contribution >= 4 is 32.7 Å². The summed E-state index contributed by atoms with van der Waals surface area (Å²) in [5, 5.41) is 3.51. The van der Waals surface area contributed by atoms with Crippen molar-refractivity contribution in [1.82, 2.24) is 19.8 Å². The number of hydrogen-bond acceptors (Lipinski definition) is 4. The number of carbonyl (C=O) groups excluding carboxylic acids is 1. The molecule has 1 saturated carbocycles. The Hall–Kier alpha value is -1.73. The van der Waals surface area contributed by atoms with Gasteiger partial charge in [-0.05, 0) is 45.0 Å². The van der Waals surface area contributed by atoms with Gasteiger partial charge in [0.05, 0.1) is 17.2 Å². The van der Waals surface area contributed by atoms with Gasteiger partial charge in [-0.2, -0.15) is 0 Å². The van der Waals surface area contributed by atoms with E-state index in [1.807, 2.05) is 6.07 Å². The number of aromatic nitrogens is 2. The van der Waals surface area contributed by atoms with E-state index in [1.165, 1.54) is 23.7 Å². The molecule has 1 N–H and O–H groups in total. The number of hydrogen-bond donors (Lipinski definition) is 1. The molecule has 1 amide bonds. The third kappa shape index (κ3) is 4.46. The highest BCUT2D eigenvalue weighted by Gasteiger charge is 2.29. The van der Waals surface area contributed by atoms with Gasteiger partial charge in [0.2, 0.25) is 5.91 Å². The van der Waals surface area contributed by atoms with Crippen LogP contribution in [0.4, 0.5) is 0 Å². The van der Waals surface area contributed by atoms with Crippen LogP contribution in [0.3, 0.4) is 0 Å². The number of likely N-dealkylation sites (N-methyl/N-ethyl adjacent to an activating group) is 1. The lowest BCUT2D eigenvalue weighted by Gasteiger charge is -2.24. The summed E-state index contributed by atoms with van der Waals surface area (Å²) in [6, 6.07) is 6.41. The molecule has 1 aliphatic carbocycles. The van der Waals surface area contributed by atoms with Crippen molar-refractivity contribution in [3.63, 3.8) is 0 Å². The molecule has 1 atom stereocenters. The van der Waals surface area contributed by atoms with Gasteiger partial charge >= 0.3 is 0 Å². The second kappa shape index (κ2) is 7.66. The number of nitrogens with one attached hydrogen (secondary N) is 1. The molecule has 134 valence electrons. The quantitative estimate of drug-likeness (QED) is 0.764. The van der Waals surface area contributed by atoms with Gasteiger partial charge in [0, 0.05) is 36.1 Å². The van der Waals surface area contributed by atoms with Gasteiger partial charge in [-0.15, -0.1) is 0 Å². The van der Waals surface area contributed by atoms with Crippen LogP contribution in [-0.2, 0) is 11.3 Å². The number of fused-ring (bicyclic) bond motifs is 1. The van der Waals surface area contributed by atoms with Crippen LogP contribution in [0.25, 0.3) is 10.9 Å². The lowest BCUT2D eigenvalue weighted by Crippen LogP contribution is -2.41. The molecule has 0 spiro atoms. The molecule has 3 rings (SSSR count). The number of carbonyl (C=O) groups is 1. The maximum Gasteiger partial charge on any atom is 0.261 e. The second-order valence-corrected chi connectivity index (χ2v) is 7.62. The Morgan fingerprint density at radius 3 is 2.96 bits per heavy atom. The Morgan fingerprint density at radius 1 is 1.48 bits per heavy atom. The zero-order chi connectivity index (χ0) is 18.0. The summed E-state index contributed by atoms with van der Waals surface area (Å²) >= 11 is 3.37. The van der Waals surface area contributed by atoms with E-state index in [1.54, 1.807) is 12.1 Å². The predicted octanol–water partition coefficient (Wildman–Crippen LogP) is 2.15. The van der Waals surface area contributed by atoms with E-state index in [4.69, 9.17) is 0 Å². The summed E-state index contributed by atoms with van der Waals surface area (Å²) in [7, 11) is 2.10. The van der Waals surface area contributed by atoms with E-state index in [0.29, 0.717) is 36.1 Å². The fourth-order valence-corrected chi connectivity index (χ4v) is 3.21. The number of benzene rings is 1. The van der Waals surface area contributed by atoms with Gasteiger partial charge in [0.1, 0.15) is 0 Å². The number of halogens is 1. The first-order chi connectivity index (χ1) is 12.0. The van der Waals surface area contributed by atoms with Crippen LogP contribution in [0.2, 0.25) is 0 Å². The third-order valence-corrected chi connectivity index (χ3v) is 5.27. The van der Waals surface area contributed by atoms with E-state index in [9.17, 15) is 9.59 Å². The molecule has 1 heterocycles. The first-order valence-corrected chi connectivity index (χ1v) is 9.38. The van der Waals surface area contributed by atoms with Crippen LogP contribution in [0.1, 0.15) is 26.2 Å². The molecule has 25 heavy (non-hydrogen) atoms. The van der Waals surface area contributed by atoms with Crippen molar-refractivity contribution in [3.05, 3.63) is 39.4 Å². The minimum atomic E-state index is -0.124. The zero-order valence-electron chi connectivity index (χ0n) is 14.5. The Balaban J connectivity index is 1.56. The highest BCUT2D eigenvalue weighted by Crippen LogP contribution is 2.26. The molecule has 1 unspecified atom stereocenters. The normalized spacial score (nSPS) is 15.5. The van der Waals surface area contributed by atoms with Crippen LogP contribution in [-0.4, -0.2) is 46.0 Å². The molecule has 7 heteroatoms. The van der Waals surface area contributed by atoms with Gasteiger partial charge in [0.15, 0.2) is 0 Å². The highest BCUT2D eigenvalue weighted by molar-refractivity contribution is 9.10. The Morgan fingerprint density at radius 2 is 2.24 bits per heavy atom. The summed E-state index contributed by atoms with van der Waals surface area (Å²) in [4.78, 5) is 31.2. The van der Waals surface area contributed by atoms with Crippen LogP contribution in [0.15, 0.2) is 33.8 Å². The highest BCUT2D eigenvalue weighted by atomic mass is 79.9. The molecule has 6 nitrogen and oxygen atoms in total. The van der Waals surface area contributed by atoms with E-state index in [0.717, 1.165) is 4.47 Å². The fourth-order valence-electron chi connectivity index (χ4n) is 2.85. The van der Waals surface area contributed by atoms with Gasteiger partial charge in [-0.3, -0.25) is 19.1 Å². The van der Waals surface area contributed by atoms with Gasteiger partial charge in [-0.25, -0.2) is 4.98 Å². The van der Waals surface area contributed by atoms with E-state index >= 15 is 0 Å². The summed E-state index contributed by atoms with van der Waals surface area (Å²) in [5.74, 6) is -0.0442. The third-order valence-electron chi connectivity index (χ3n) is 4.78. The first kappa shape index (κ1) is 18.1. The zero-order valence-corrected chi connectivity index (χ0v) is 16.1. The van der Waals surface area contributed by atoms with Gasteiger partial charge in [-0.1, -0.05) is 15.9 Å². The van der Waals surface area contributed by atoms with E-state index in [-0.39, 0.29) is 17.9 Å². The molecule has 1 aromatic carbocycles. The van der Waals surface area contributed by atoms with Crippen molar-refractivity contribution < 1.29 is 4.79 Å². The topological polar surface area (TPSA) is 67.2 Å². The molecule has 0 aliphatic heterocycles. The Kier molecular flexibility index (Phi) is 5.54. The Bertz CT molecular complexity index is 831. The average molecular weight is 407 g/mol.